The second kappa shape index (κ2) is 8.73. The monoisotopic (exact) mass is 435 g/mol. The summed E-state index contributed by atoms with van der Waals surface area (Å²) in [7, 11) is 0. The van der Waals surface area contributed by atoms with Crippen LogP contribution in [0.3, 0.4) is 0 Å². The number of nitrogens with one attached hydrogen (secondary N) is 1. The number of carbonyl (C=O) groups is 1. The number of nitrogens with zero attached hydrogens (tertiary/aromatic N) is 2. The molecule has 30 heavy (non-hydrogen) atoms. The molecule has 0 aliphatic carbocycles. The van der Waals surface area contributed by atoms with Crippen molar-refractivity contribution in [1.29, 1.82) is 0 Å². The Kier molecular flexibility index (Phi) is 5.88. The van der Waals surface area contributed by atoms with E-state index in [0.29, 0.717) is 26.8 Å². The van der Waals surface area contributed by atoms with Crippen molar-refractivity contribution in [2.75, 3.05) is 11.1 Å². The zero-order valence-corrected chi connectivity index (χ0v) is 17.7. The standard InChI is InChI=1S/C23H18ClN3O2S/c1-15-6-5-9-18(12-15)27-22(29)19-11-10-16(24)13-20(19)26-23(27)30-14-21(28)25-17-7-3-2-4-8-17/h2-13H,14H2,1H3,(H,25,28). The number of thioether (sulfide) groups is 1. The van der Waals surface area contributed by atoms with E-state index in [4.69, 9.17) is 11.6 Å². The lowest BCUT2D eigenvalue weighted by atomic mass is 10.2. The minimum atomic E-state index is -0.201. The average Bonchev–Trinajstić information content (AvgIpc) is 2.73. The fraction of sp³-hybridized carbons (Fsp3) is 0.0870. The van der Waals surface area contributed by atoms with E-state index in [2.05, 4.69) is 10.3 Å². The molecule has 1 aromatic heterocycles. The number of fused-ring (bicyclic) bond motifs is 1. The number of hydrogen-bond donors (Lipinski definition) is 1. The Morgan fingerprint density at radius 1 is 1.07 bits per heavy atom. The number of benzene rings is 3. The summed E-state index contributed by atoms with van der Waals surface area (Å²) in [6.07, 6.45) is 0. The highest BCUT2D eigenvalue weighted by atomic mass is 35.5. The highest BCUT2D eigenvalue weighted by Crippen LogP contribution is 2.23. The van der Waals surface area contributed by atoms with Crippen molar-refractivity contribution in [1.82, 2.24) is 9.55 Å². The minimum absolute atomic E-state index is 0.110. The number of hydrogen-bond acceptors (Lipinski definition) is 4. The molecule has 0 bridgehead atoms. The Balaban J connectivity index is 1.72. The van der Waals surface area contributed by atoms with Crippen molar-refractivity contribution >= 4 is 45.9 Å². The van der Waals surface area contributed by atoms with Gasteiger partial charge in [0.1, 0.15) is 0 Å². The summed E-state index contributed by atoms with van der Waals surface area (Å²) in [5.41, 5.74) is 2.75. The molecule has 0 aliphatic heterocycles. The van der Waals surface area contributed by atoms with Crippen LogP contribution in [0, 0.1) is 6.92 Å². The van der Waals surface area contributed by atoms with Crippen LogP contribution in [0.5, 0.6) is 0 Å². The number of para-hydroxylation sites is 1. The van der Waals surface area contributed by atoms with E-state index in [1.165, 1.54) is 11.8 Å². The Bertz CT molecular complexity index is 1290. The molecule has 0 saturated heterocycles. The summed E-state index contributed by atoms with van der Waals surface area (Å²) in [6.45, 7) is 1.96. The smallest absolute Gasteiger partial charge is 0.266 e. The van der Waals surface area contributed by atoms with Gasteiger partial charge in [0.05, 0.1) is 22.3 Å². The second-order valence-corrected chi connectivity index (χ2v) is 8.12. The van der Waals surface area contributed by atoms with Gasteiger partial charge in [-0.3, -0.25) is 14.2 Å². The highest BCUT2D eigenvalue weighted by molar-refractivity contribution is 7.99. The van der Waals surface area contributed by atoms with Gasteiger partial charge in [-0.2, -0.15) is 0 Å². The number of aryl methyl sites for hydroxylation is 1. The van der Waals surface area contributed by atoms with E-state index < -0.39 is 0 Å². The van der Waals surface area contributed by atoms with Crippen molar-refractivity contribution < 1.29 is 4.79 Å². The van der Waals surface area contributed by atoms with Crippen LogP contribution >= 0.6 is 23.4 Å². The molecule has 7 heteroatoms. The van der Waals surface area contributed by atoms with Crippen LogP contribution < -0.4 is 10.9 Å². The van der Waals surface area contributed by atoms with E-state index in [0.717, 1.165) is 11.3 Å². The van der Waals surface area contributed by atoms with Crippen molar-refractivity contribution in [3.63, 3.8) is 0 Å². The molecule has 0 spiro atoms. The van der Waals surface area contributed by atoms with Crippen LogP contribution in [0.15, 0.2) is 82.7 Å². The van der Waals surface area contributed by atoms with Gasteiger partial charge in [0.2, 0.25) is 5.91 Å². The average molecular weight is 436 g/mol. The van der Waals surface area contributed by atoms with Crippen LogP contribution in [0.4, 0.5) is 5.69 Å². The van der Waals surface area contributed by atoms with Gasteiger partial charge in [-0.15, -0.1) is 0 Å². The summed E-state index contributed by atoms with van der Waals surface area (Å²) in [5, 5.41) is 4.25. The van der Waals surface area contributed by atoms with Crippen LogP contribution in [-0.2, 0) is 4.79 Å². The van der Waals surface area contributed by atoms with Crippen LogP contribution in [0.2, 0.25) is 5.02 Å². The normalized spacial score (nSPS) is 10.9. The Labute approximate surface area is 182 Å². The van der Waals surface area contributed by atoms with Crippen molar-refractivity contribution in [2.45, 2.75) is 12.1 Å². The predicted octanol–water partition coefficient (Wildman–Crippen LogP) is 5.08. The Hall–Kier alpha value is -3.09. The van der Waals surface area contributed by atoms with Gasteiger partial charge in [-0.25, -0.2) is 4.98 Å². The van der Waals surface area contributed by atoms with Gasteiger partial charge < -0.3 is 5.32 Å². The van der Waals surface area contributed by atoms with E-state index in [1.54, 1.807) is 22.8 Å². The quantitative estimate of drug-likeness (QED) is 0.351. The van der Waals surface area contributed by atoms with Crippen LogP contribution in [0.1, 0.15) is 5.56 Å². The van der Waals surface area contributed by atoms with E-state index >= 15 is 0 Å². The number of aromatic nitrogens is 2. The van der Waals surface area contributed by atoms with Gasteiger partial charge in [-0.05, 0) is 55.0 Å². The highest BCUT2D eigenvalue weighted by Gasteiger charge is 2.15. The first-order chi connectivity index (χ1) is 14.5. The molecule has 0 fully saturated rings. The zero-order valence-electron chi connectivity index (χ0n) is 16.1. The molecule has 3 aromatic carbocycles. The van der Waals surface area contributed by atoms with Crippen molar-refractivity contribution in [3.05, 3.63) is 93.7 Å². The van der Waals surface area contributed by atoms with Crippen molar-refractivity contribution in [2.24, 2.45) is 0 Å². The molecule has 0 radical (unpaired) electrons. The molecule has 150 valence electrons. The van der Waals surface area contributed by atoms with Gasteiger partial charge in [0.25, 0.3) is 5.56 Å². The molecule has 0 aliphatic rings. The molecule has 1 amide bonds. The topological polar surface area (TPSA) is 64.0 Å². The van der Waals surface area contributed by atoms with Crippen LogP contribution in [-0.4, -0.2) is 21.2 Å². The lowest BCUT2D eigenvalue weighted by molar-refractivity contribution is -0.113. The van der Waals surface area contributed by atoms with E-state index in [1.807, 2.05) is 61.5 Å². The largest absolute Gasteiger partial charge is 0.325 e. The second-order valence-electron chi connectivity index (χ2n) is 6.74. The summed E-state index contributed by atoms with van der Waals surface area (Å²) in [5.74, 6) is -0.0680. The molecule has 4 rings (SSSR count). The Morgan fingerprint density at radius 2 is 1.87 bits per heavy atom. The number of amides is 1. The number of anilines is 1. The number of halogens is 1. The lowest BCUT2D eigenvalue weighted by Crippen LogP contribution is -2.23. The van der Waals surface area contributed by atoms with Gasteiger partial charge in [0.15, 0.2) is 5.16 Å². The summed E-state index contributed by atoms with van der Waals surface area (Å²) < 4.78 is 1.55. The number of carbonyl (C=O) groups excluding carboxylic acids is 1. The molecule has 0 atom stereocenters. The summed E-state index contributed by atoms with van der Waals surface area (Å²) in [6, 6.07) is 21.9. The lowest BCUT2D eigenvalue weighted by Gasteiger charge is -2.14. The van der Waals surface area contributed by atoms with Gasteiger partial charge >= 0.3 is 0 Å². The van der Waals surface area contributed by atoms with Gasteiger partial charge in [-0.1, -0.05) is 53.7 Å². The zero-order chi connectivity index (χ0) is 21.1. The third-order valence-corrected chi connectivity index (χ3v) is 5.62. The Morgan fingerprint density at radius 3 is 2.63 bits per heavy atom. The SMILES string of the molecule is Cc1cccc(-n2c(SCC(=O)Nc3ccccc3)nc3cc(Cl)ccc3c2=O)c1. The molecule has 0 unspecified atom stereocenters. The molecular weight excluding hydrogens is 418 g/mol. The predicted molar refractivity (Wildman–Crippen MR) is 123 cm³/mol. The maximum absolute atomic E-state index is 13.3. The molecular formula is C23H18ClN3O2S. The molecule has 5 nitrogen and oxygen atoms in total. The first kappa shape index (κ1) is 20.2. The number of rotatable bonds is 5. The van der Waals surface area contributed by atoms with E-state index in [9.17, 15) is 9.59 Å². The molecule has 1 heterocycles. The molecule has 4 aromatic rings. The fourth-order valence-electron chi connectivity index (χ4n) is 3.08. The first-order valence-corrected chi connectivity index (χ1v) is 10.6. The maximum atomic E-state index is 13.3. The third kappa shape index (κ3) is 4.40. The van der Waals surface area contributed by atoms with Crippen LogP contribution in [0.25, 0.3) is 16.6 Å². The first-order valence-electron chi connectivity index (χ1n) is 9.28. The minimum Gasteiger partial charge on any atom is -0.325 e. The van der Waals surface area contributed by atoms with Crippen molar-refractivity contribution in [3.8, 4) is 5.69 Å². The third-order valence-electron chi connectivity index (χ3n) is 4.45. The van der Waals surface area contributed by atoms with Gasteiger partial charge in [0, 0.05) is 10.7 Å². The molecule has 1 N–H and O–H groups in total. The summed E-state index contributed by atoms with van der Waals surface area (Å²) >= 11 is 7.31. The fourth-order valence-corrected chi connectivity index (χ4v) is 4.06. The maximum Gasteiger partial charge on any atom is 0.266 e. The summed E-state index contributed by atoms with van der Waals surface area (Å²) in [4.78, 5) is 30.3. The van der Waals surface area contributed by atoms with E-state index in [-0.39, 0.29) is 17.2 Å². The molecule has 0 saturated carbocycles.